The van der Waals surface area contributed by atoms with E-state index in [-0.39, 0.29) is 11.4 Å². The zero-order valence-electron chi connectivity index (χ0n) is 14.5. The summed E-state index contributed by atoms with van der Waals surface area (Å²) >= 11 is 0. The van der Waals surface area contributed by atoms with Gasteiger partial charge in [0.1, 0.15) is 17.3 Å². The van der Waals surface area contributed by atoms with Crippen molar-refractivity contribution >= 4 is 22.9 Å². The third kappa shape index (κ3) is 3.16. The van der Waals surface area contributed by atoms with Gasteiger partial charge in [-0.2, -0.15) is 0 Å². The van der Waals surface area contributed by atoms with Crippen molar-refractivity contribution in [3.05, 3.63) is 96.3 Å². The molecule has 2 heterocycles. The van der Waals surface area contributed by atoms with Gasteiger partial charge in [0.05, 0.1) is 5.69 Å². The average Bonchev–Trinajstić information content (AvgIpc) is 3.09. The Labute approximate surface area is 159 Å². The van der Waals surface area contributed by atoms with Crippen LogP contribution in [0.2, 0.25) is 0 Å². The average molecular weight is 376 g/mol. The minimum absolute atomic E-state index is 0.0787. The zero-order chi connectivity index (χ0) is 19.7. The monoisotopic (exact) mass is 376 g/mol. The quantitative estimate of drug-likeness (QED) is 0.414. The Hall–Kier alpha value is -3.80. The number of benzene rings is 2. The van der Waals surface area contributed by atoms with Gasteiger partial charge in [-0.25, -0.2) is 8.78 Å². The van der Waals surface area contributed by atoms with E-state index in [1.54, 1.807) is 40.9 Å². The smallest absolute Gasteiger partial charge is 0.298 e. The van der Waals surface area contributed by atoms with Crippen LogP contribution in [0.25, 0.3) is 16.6 Å². The van der Waals surface area contributed by atoms with Crippen LogP contribution in [0.15, 0.2) is 79.0 Å². The molecule has 2 aromatic heterocycles. The summed E-state index contributed by atoms with van der Waals surface area (Å²) in [4.78, 5) is 25.5. The Morgan fingerprint density at radius 3 is 2.32 bits per heavy atom. The molecule has 4 nitrogen and oxygen atoms in total. The number of aromatic nitrogens is 1. The Bertz CT molecular complexity index is 1200. The van der Waals surface area contributed by atoms with E-state index < -0.39 is 23.3 Å². The summed E-state index contributed by atoms with van der Waals surface area (Å²) in [7, 11) is 0. The molecule has 0 saturated carbocycles. The Balaban J connectivity index is 1.79. The molecule has 0 spiro atoms. The first-order valence-electron chi connectivity index (χ1n) is 8.51. The molecule has 4 rings (SSSR count). The molecule has 1 amide bonds. The van der Waals surface area contributed by atoms with Crippen LogP contribution in [0.3, 0.4) is 0 Å². The third-order valence-corrected chi connectivity index (χ3v) is 4.38. The van der Waals surface area contributed by atoms with Gasteiger partial charge in [0.25, 0.3) is 11.7 Å². The van der Waals surface area contributed by atoms with Crippen molar-refractivity contribution in [2.75, 3.05) is 5.32 Å². The number of anilines is 1. The van der Waals surface area contributed by atoms with Gasteiger partial charge in [-0.15, -0.1) is 0 Å². The van der Waals surface area contributed by atoms with Crippen LogP contribution < -0.4 is 5.32 Å². The summed E-state index contributed by atoms with van der Waals surface area (Å²) in [5.41, 5.74) is 1.82. The molecule has 0 aliphatic heterocycles. The first kappa shape index (κ1) is 17.6. The second kappa shape index (κ2) is 7.08. The van der Waals surface area contributed by atoms with Crippen molar-refractivity contribution < 1.29 is 18.4 Å². The van der Waals surface area contributed by atoms with Crippen LogP contribution in [-0.4, -0.2) is 16.1 Å². The molecule has 0 saturated heterocycles. The number of ketones is 1. The molecule has 1 N–H and O–H groups in total. The second-order valence-electron chi connectivity index (χ2n) is 6.17. The zero-order valence-corrected chi connectivity index (χ0v) is 14.5. The second-order valence-corrected chi connectivity index (χ2v) is 6.17. The van der Waals surface area contributed by atoms with E-state index in [1.807, 2.05) is 0 Å². The molecule has 2 aromatic carbocycles. The number of para-hydroxylation sites is 1. The lowest BCUT2D eigenvalue weighted by Crippen LogP contribution is -2.25. The van der Waals surface area contributed by atoms with E-state index in [4.69, 9.17) is 0 Å². The lowest BCUT2D eigenvalue weighted by molar-refractivity contribution is -0.112. The number of nitrogens with one attached hydrogen (secondary N) is 1. The van der Waals surface area contributed by atoms with Crippen molar-refractivity contribution in [3.8, 4) is 11.1 Å². The topological polar surface area (TPSA) is 50.6 Å². The molecule has 4 aromatic rings. The summed E-state index contributed by atoms with van der Waals surface area (Å²) in [5, 5.41) is 2.31. The lowest BCUT2D eigenvalue weighted by Gasteiger charge is -2.08. The van der Waals surface area contributed by atoms with Crippen LogP contribution in [0.5, 0.6) is 0 Å². The number of hydrogen-bond acceptors (Lipinski definition) is 2. The van der Waals surface area contributed by atoms with Gasteiger partial charge in [0.2, 0.25) is 0 Å². The van der Waals surface area contributed by atoms with Gasteiger partial charge in [-0.3, -0.25) is 9.59 Å². The van der Waals surface area contributed by atoms with Gasteiger partial charge < -0.3 is 9.72 Å². The van der Waals surface area contributed by atoms with E-state index >= 15 is 0 Å². The van der Waals surface area contributed by atoms with Gasteiger partial charge >= 0.3 is 0 Å². The van der Waals surface area contributed by atoms with Crippen molar-refractivity contribution in [3.63, 3.8) is 0 Å². The van der Waals surface area contributed by atoms with E-state index in [9.17, 15) is 18.4 Å². The SMILES string of the molecule is O=C(Nc1ccccc1F)C(=O)c1c(-c2ccc(F)cc2)cc2ccccn12. The lowest BCUT2D eigenvalue weighted by atomic mass is 10.0. The van der Waals surface area contributed by atoms with Gasteiger partial charge in [-0.1, -0.05) is 30.3 Å². The molecule has 0 radical (unpaired) electrons. The normalized spacial score (nSPS) is 10.8. The fourth-order valence-corrected chi connectivity index (χ4v) is 3.05. The molecular formula is C22H14F2N2O2. The maximum Gasteiger partial charge on any atom is 0.298 e. The predicted molar refractivity (Wildman–Crippen MR) is 102 cm³/mol. The Morgan fingerprint density at radius 2 is 1.57 bits per heavy atom. The first-order valence-corrected chi connectivity index (χ1v) is 8.51. The number of pyridine rings is 1. The maximum absolute atomic E-state index is 13.8. The first-order chi connectivity index (χ1) is 13.5. The number of halogens is 2. The predicted octanol–water partition coefficient (Wildman–Crippen LogP) is 4.71. The van der Waals surface area contributed by atoms with E-state index in [0.717, 1.165) is 0 Å². The van der Waals surface area contributed by atoms with Crippen LogP contribution in [-0.2, 0) is 4.79 Å². The number of carbonyl (C=O) groups excluding carboxylic acids is 2. The summed E-state index contributed by atoms with van der Waals surface area (Å²) in [6.45, 7) is 0. The highest BCUT2D eigenvalue weighted by Gasteiger charge is 2.25. The third-order valence-electron chi connectivity index (χ3n) is 4.38. The van der Waals surface area contributed by atoms with Crippen molar-refractivity contribution in [2.45, 2.75) is 0 Å². The highest BCUT2D eigenvalue weighted by atomic mass is 19.1. The van der Waals surface area contributed by atoms with Crippen LogP contribution in [0, 0.1) is 11.6 Å². The number of amides is 1. The van der Waals surface area contributed by atoms with Gasteiger partial charge in [0, 0.05) is 17.3 Å². The molecule has 0 fully saturated rings. The molecule has 0 bridgehead atoms. The van der Waals surface area contributed by atoms with Crippen LogP contribution in [0.4, 0.5) is 14.5 Å². The number of rotatable bonds is 4. The Kier molecular flexibility index (Phi) is 4.45. The molecular weight excluding hydrogens is 362 g/mol. The molecule has 0 unspecified atom stereocenters. The summed E-state index contributed by atoms with van der Waals surface area (Å²) < 4.78 is 28.7. The van der Waals surface area contributed by atoms with E-state index in [2.05, 4.69) is 5.32 Å². The molecule has 0 atom stereocenters. The minimum atomic E-state index is -0.961. The van der Waals surface area contributed by atoms with Crippen LogP contribution >= 0.6 is 0 Å². The fraction of sp³-hybridized carbons (Fsp3) is 0. The molecule has 6 heteroatoms. The molecule has 28 heavy (non-hydrogen) atoms. The van der Waals surface area contributed by atoms with Crippen molar-refractivity contribution in [1.29, 1.82) is 0 Å². The molecule has 0 aliphatic rings. The summed E-state index contributed by atoms with van der Waals surface area (Å²) in [5.74, 6) is -2.83. The van der Waals surface area contributed by atoms with E-state index in [0.29, 0.717) is 16.6 Å². The summed E-state index contributed by atoms with van der Waals surface area (Å²) in [6.07, 6.45) is 1.66. The van der Waals surface area contributed by atoms with Crippen LogP contribution in [0.1, 0.15) is 10.5 Å². The highest BCUT2D eigenvalue weighted by Crippen LogP contribution is 2.29. The Morgan fingerprint density at radius 1 is 0.857 bits per heavy atom. The number of Topliss-reactive ketones (excluding diaryl/α,β-unsaturated/α-hetero) is 1. The van der Waals surface area contributed by atoms with E-state index in [1.165, 1.54) is 42.5 Å². The summed E-state index contributed by atoms with van der Waals surface area (Å²) in [6, 6.07) is 18.3. The molecule has 138 valence electrons. The van der Waals surface area contributed by atoms with Gasteiger partial charge in [-0.05, 0) is 48.0 Å². The number of fused-ring (bicyclic) bond motifs is 1. The molecule has 0 aliphatic carbocycles. The van der Waals surface area contributed by atoms with Crippen molar-refractivity contribution in [2.24, 2.45) is 0 Å². The fourth-order valence-electron chi connectivity index (χ4n) is 3.05. The minimum Gasteiger partial charge on any atom is -0.317 e. The number of hydrogen-bond donors (Lipinski definition) is 1. The maximum atomic E-state index is 13.8. The largest absolute Gasteiger partial charge is 0.317 e. The standard InChI is InChI=1S/C22H14F2N2O2/c23-15-10-8-14(9-11-15)17-13-16-5-3-4-12-26(16)20(17)21(27)22(28)25-19-7-2-1-6-18(19)24/h1-13H,(H,25,28). The number of nitrogens with zero attached hydrogens (tertiary/aromatic N) is 1. The van der Waals surface area contributed by atoms with Crippen molar-refractivity contribution in [1.82, 2.24) is 4.40 Å². The highest BCUT2D eigenvalue weighted by molar-refractivity contribution is 6.47. The van der Waals surface area contributed by atoms with Gasteiger partial charge in [0.15, 0.2) is 0 Å². The number of carbonyl (C=O) groups is 2.